The first-order valence-corrected chi connectivity index (χ1v) is 16.4. The number of imide groups is 1. The third-order valence-electron chi connectivity index (χ3n) is 10.7. The van der Waals surface area contributed by atoms with E-state index in [1.165, 1.54) is 25.3 Å². The van der Waals surface area contributed by atoms with E-state index >= 15 is 14.4 Å². The molecule has 1 saturated carbocycles. The average molecular weight is 661 g/mol. The van der Waals surface area contributed by atoms with Gasteiger partial charge in [0.1, 0.15) is 11.4 Å². The highest BCUT2D eigenvalue weighted by Gasteiger charge is 2.82. The van der Waals surface area contributed by atoms with Gasteiger partial charge < -0.3 is 4.74 Å². The van der Waals surface area contributed by atoms with Crippen molar-refractivity contribution in [2.24, 2.45) is 11.8 Å². The molecule has 246 valence electrons. The number of fused-ring (bicyclic) bond motifs is 5. The number of Topliss-reactive ketones (excluding diaryl/α,β-unsaturated/α-hetero) is 1. The van der Waals surface area contributed by atoms with Crippen molar-refractivity contribution in [2.45, 2.75) is 24.7 Å². The number of aryl methyl sites for hydroxylation is 2. The third kappa shape index (κ3) is 3.96. The maximum atomic E-state index is 16.0. The van der Waals surface area contributed by atoms with Crippen LogP contribution in [0.5, 0.6) is 5.75 Å². The van der Waals surface area contributed by atoms with Gasteiger partial charge >= 0.3 is 0 Å². The molecule has 8 heteroatoms. The van der Waals surface area contributed by atoms with Crippen molar-refractivity contribution in [3.8, 4) is 5.75 Å². The van der Waals surface area contributed by atoms with Crippen LogP contribution in [-0.4, -0.2) is 29.6 Å². The van der Waals surface area contributed by atoms with E-state index in [0.717, 1.165) is 27.2 Å². The summed E-state index contributed by atoms with van der Waals surface area (Å²) in [6, 6.07) is 38.2. The van der Waals surface area contributed by atoms with Gasteiger partial charge in [-0.2, -0.15) is 0 Å². The van der Waals surface area contributed by atoms with Crippen LogP contribution in [0.3, 0.4) is 0 Å². The van der Waals surface area contributed by atoms with E-state index < -0.39 is 39.4 Å². The lowest BCUT2D eigenvalue weighted by molar-refractivity contribution is -0.384. The van der Waals surface area contributed by atoms with Crippen molar-refractivity contribution in [1.29, 1.82) is 0 Å². The van der Waals surface area contributed by atoms with Gasteiger partial charge in [0.15, 0.2) is 5.78 Å². The van der Waals surface area contributed by atoms with Crippen LogP contribution in [0.1, 0.15) is 33.4 Å². The van der Waals surface area contributed by atoms with Gasteiger partial charge in [0.25, 0.3) is 5.69 Å². The Morgan fingerprint density at radius 3 is 1.48 bits per heavy atom. The number of allylic oxidation sites excluding steroid dienone is 2. The van der Waals surface area contributed by atoms with Gasteiger partial charge in [-0.3, -0.25) is 24.5 Å². The van der Waals surface area contributed by atoms with Crippen molar-refractivity contribution in [1.82, 2.24) is 0 Å². The predicted octanol–water partition coefficient (Wildman–Crippen LogP) is 7.41. The first kappa shape index (κ1) is 31.1. The summed E-state index contributed by atoms with van der Waals surface area (Å²) in [5.74, 6) is -3.67. The third-order valence-corrected chi connectivity index (χ3v) is 10.7. The van der Waals surface area contributed by atoms with E-state index in [9.17, 15) is 10.1 Å². The van der Waals surface area contributed by atoms with Crippen LogP contribution in [0.2, 0.25) is 0 Å². The normalized spacial score (nSPS) is 23.8. The Morgan fingerprint density at radius 2 is 1.08 bits per heavy atom. The zero-order valence-electron chi connectivity index (χ0n) is 27.6. The summed E-state index contributed by atoms with van der Waals surface area (Å²) in [7, 11) is 1.38. The van der Waals surface area contributed by atoms with E-state index in [1.54, 1.807) is 0 Å². The van der Waals surface area contributed by atoms with Gasteiger partial charge in [-0.05, 0) is 53.3 Å². The number of anilines is 1. The molecule has 1 saturated heterocycles. The van der Waals surface area contributed by atoms with Crippen LogP contribution in [0.25, 0.3) is 11.1 Å². The van der Waals surface area contributed by atoms with Crippen LogP contribution in [0.4, 0.5) is 11.4 Å². The minimum Gasteiger partial charge on any atom is -0.495 e. The quantitative estimate of drug-likeness (QED) is 0.102. The molecule has 0 unspecified atom stereocenters. The minimum absolute atomic E-state index is 0.0295. The molecular weight excluding hydrogens is 628 g/mol. The molecule has 2 fully saturated rings. The number of amides is 2. The smallest absolute Gasteiger partial charge is 0.271 e. The molecule has 8 nitrogen and oxygen atoms in total. The Bertz CT molecular complexity index is 2140. The largest absolute Gasteiger partial charge is 0.495 e. The predicted molar refractivity (Wildman–Crippen MR) is 190 cm³/mol. The Balaban J connectivity index is 1.54. The highest BCUT2D eigenvalue weighted by molar-refractivity contribution is 6.39. The highest BCUT2D eigenvalue weighted by atomic mass is 16.6. The number of hydrogen-bond acceptors (Lipinski definition) is 6. The fourth-order valence-corrected chi connectivity index (χ4v) is 8.77. The molecule has 0 aromatic heterocycles. The molecule has 3 aliphatic rings. The maximum absolute atomic E-state index is 16.0. The molecule has 1 heterocycles. The van der Waals surface area contributed by atoms with Gasteiger partial charge in [0.2, 0.25) is 11.8 Å². The Morgan fingerprint density at radius 1 is 0.640 bits per heavy atom. The Labute approximate surface area is 288 Å². The van der Waals surface area contributed by atoms with E-state index in [-0.39, 0.29) is 22.9 Å². The van der Waals surface area contributed by atoms with E-state index in [4.69, 9.17) is 4.74 Å². The van der Waals surface area contributed by atoms with Crippen molar-refractivity contribution in [3.05, 3.63) is 171 Å². The van der Waals surface area contributed by atoms with Crippen molar-refractivity contribution < 1.29 is 24.0 Å². The second-order valence-electron chi connectivity index (χ2n) is 13.2. The van der Waals surface area contributed by atoms with Gasteiger partial charge in [0, 0.05) is 12.1 Å². The van der Waals surface area contributed by atoms with Crippen LogP contribution >= 0.6 is 0 Å². The summed E-state index contributed by atoms with van der Waals surface area (Å²) in [6.45, 7) is 3.98. The number of rotatable bonds is 7. The molecule has 1 aliphatic heterocycles. The van der Waals surface area contributed by atoms with Crippen LogP contribution in [0, 0.1) is 35.8 Å². The average Bonchev–Trinajstić information content (AvgIpc) is 3.64. The molecule has 4 atom stereocenters. The molecule has 5 aromatic carbocycles. The number of non-ortho nitro benzene ring substituents is 1. The standard InChI is InChI=1S/C42H32N2O6/c1-25-14-18-27(19-15-25)34-35(28-20-16-26(2)17-21-28)42(30-12-8-5-9-13-30)37-36(41(34,40(42)47)29-10-6-4-7-11-29)38(45)43(39(37)46)32-24-31(44(48)49)22-23-33(32)50-3/h4-24,36-37H,1-3H3/t36-,37-,41-,42-/m0/s1. The van der Waals surface area contributed by atoms with E-state index in [1.807, 2.05) is 123 Å². The lowest BCUT2D eigenvalue weighted by atomic mass is 9.59. The summed E-state index contributed by atoms with van der Waals surface area (Å²) < 4.78 is 5.58. The lowest BCUT2D eigenvalue weighted by Gasteiger charge is -2.39. The number of nitrogens with zero attached hydrogens (tertiary/aromatic N) is 2. The molecule has 0 radical (unpaired) electrons. The molecular formula is C42H32N2O6. The van der Waals surface area contributed by atoms with Crippen LogP contribution < -0.4 is 9.64 Å². The van der Waals surface area contributed by atoms with Crippen molar-refractivity contribution >= 4 is 40.1 Å². The number of carbonyl (C=O) groups is 3. The second-order valence-corrected chi connectivity index (χ2v) is 13.2. The molecule has 5 aromatic rings. The zero-order valence-corrected chi connectivity index (χ0v) is 27.6. The van der Waals surface area contributed by atoms with E-state index in [2.05, 4.69) is 0 Å². The van der Waals surface area contributed by atoms with Crippen LogP contribution in [0.15, 0.2) is 127 Å². The van der Waals surface area contributed by atoms with Crippen molar-refractivity contribution in [3.63, 3.8) is 0 Å². The second kappa shape index (κ2) is 11.2. The molecule has 2 amide bonds. The summed E-state index contributed by atoms with van der Waals surface area (Å²) in [5.41, 5.74) is 2.64. The first-order chi connectivity index (χ1) is 24.2. The SMILES string of the molecule is COc1ccc([N+](=O)[O-])cc1N1C(=O)[C@@H]2[C@@H](C1=O)[C@@]1(c3ccccc3)C(=O)[C@@]2(c2ccccc2)C(c2ccc(C)cc2)=C1c1ccc(C)cc1. The number of nitro groups is 1. The number of benzene rings is 5. The topological polar surface area (TPSA) is 107 Å². The zero-order chi connectivity index (χ0) is 34.9. The minimum atomic E-state index is -1.59. The van der Waals surface area contributed by atoms with Crippen LogP contribution in [-0.2, 0) is 25.2 Å². The number of ether oxygens (including phenoxy) is 1. The summed E-state index contributed by atoms with van der Waals surface area (Å²) in [4.78, 5) is 58.9. The van der Waals surface area contributed by atoms with Crippen molar-refractivity contribution in [2.75, 3.05) is 12.0 Å². The molecule has 0 N–H and O–H groups in total. The summed E-state index contributed by atoms with van der Waals surface area (Å²) in [6.07, 6.45) is 0. The molecule has 50 heavy (non-hydrogen) atoms. The van der Waals surface area contributed by atoms with Gasteiger partial charge in [-0.15, -0.1) is 0 Å². The number of hydrogen-bond donors (Lipinski definition) is 0. The summed E-state index contributed by atoms with van der Waals surface area (Å²) in [5, 5.41) is 11.9. The monoisotopic (exact) mass is 660 g/mol. The lowest BCUT2D eigenvalue weighted by Crippen LogP contribution is -2.45. The van der Waals surface area contributed by atoms with Gasteiger partial charge in [-0.25, -0.2) is 4.90 Å². The number of ketones is 1. The molecule has 8 rings (SSSR count). The number of carbonyl (C=O) groups excluding carboxylic acids is 3. The summed E-state index contributed by atoms with van der Waals surface area (Å²) >= 11 is 0. The molecule has 0 spiro atoms. The Kier molecular flexibility index (Phi) is 6.98. The Hall–Kier alpha value is -6.15. The first-order valence-electron chi connectivity index (χ1n) is 16.4. The van der Waals surface area contributed by atoms with Gasteiger partial charge in [0.05, 0.1) is 34.7 Å². The fourth-order valence-electron chi connectivity index (χ4n) is 8.77. The number of methoxy groups -OCH3 is 1. The van der Waals surface area contributed by atoms with Gasteiger partial charge in [-0.1, -0.05) is 120 Å². The highest BCUT2D eigenvalue weighted by Crippen LogP contribution is 2.74. The van der Waals surface area contributed by atoms with E-state index in [0.29, 0.717) is 22.3 Å². The molecule has 2 aliphatic carbocycles. The maximum Gasteiger partial charge on any atom is 0.271 e. The fraction of sp³-hybridized carbons (Fsp3) is 0.167. The number of nitro benzene ring substituents is 1. The molecule has 2 bridgehead atoms.